The average molecular weight is 987 g/mol. The van der Waals surface area contributed by atoms with Crippen molar-refractivity contribution >= 4 is 62.0 Å². The Kier molecular flexibility index (Phi) is 12.8. The van der Waals surface area contributed by atoms with Gasteiger partial charge in [0, 0.05) is 6.26 Å². The van der Waals surface area contributed by atoms with Gasteiger partial charge in [-0.3, -0.25) is 0 Å². The summed E-state index contributed by atoms with van der Waals surface area (Å²) in [6.07, 6.45) is 0.988. The van der Waals surface area contributed by atoms with E-state index in [9.17, 15) is 50.5 Å². The summed E-state index contributed by atoms with van der Waals surface area (Å²) in [5, 5.41) is 0. The van der Waals surface area contributed by atoms with Crippen LogP contribution in [-0.4, -0.2) is 75.8 Å². The summed E-state index contributed by atoms with van der Waals surface area (Å²) in [7, 11) is -20.9. The molecule has 6 rings (SSSR count). The second-order valence-electron chi connectivity index (χ2n) is 13.9. The minimum Gasteiger partial charge on any atom is -0.0580 e. The van der Waals surface area contributed by atoms with Crippen molar-refractivity contribution in [3.05, 3.63) is 151 Å². The molecule has 20 heteroatoms. The van der Waals surface area contributed by atoms with Crippen LogP contribution < -0.4 is 4.50 Å². The van der Waals surface area contributed by atoms with Crippen LogP contribution in [0.4, 0.5) is 0 Å². The molecule has 0 aliphatic rings. The van der Waals surface area contributed by atoms with Gasteiger partial charge in [0.15, 0.2) is 9.84 Å². The van der Waals surface area contributed by atoms with Crippen LogP contribution in [-0.2, 0) is 77.6 Å². The van der Waals surface area contributed by atoms with Crippen LogP contribution in [0.2, 0.25) is 0 Å². The Balaban J connectivity index is 1.21. The molecule has 0 aliphatic carbocycles. The van der Waals surface area contributed by atoms with Gasteiger partial charge >= 0.3 is 286 Å². The molecule has 0 N–H and O–H groups in total. The Hall–Kier alpha value is -4.51. The summed E-state index contributed by atoms with van der Waals surface area (Å²) in [5.74, 6) is 0. The molecule has 323 valence electrons. The van der Waals surface area contributed by atoms with Gasteiger partial charge in [0.05, 0.1) is 4.90 Å². The zero-order valence-electron chi connectivity index (χ0n) is 32.6. The van der Waals surface area contributed by atoms with E-state index in [4.69, 9.17) is 0 Å². The van der Waals surface area contributed by atoms with E-state index in [2.05, 4.69) is 0 Å². The van der Waals surface area contributed by atoms with E-state index in [1.54, 1.807) is 31.1 Å². The molecule has 0 fully saturated rings. The molecule has 0 radical (unpaired) electrons. The molecule has 6 aromatic carbocycles. The Labute approximate surface area is 361 Å². The molecule has 0 aliphatic heterocycles. The maximum absolute atomic E-state index is 13.8. The van der Waals surface area contributed by atoms with E-state index in [0.717, 1.165) is 66.4 Å². The zero-order chi connectivity index (χ0) is 44.8. The van der Waals surface area contributed by atoms with Gasteiger partial charge in [-0.1, -0.05) is 17.7 Å². The van der Waals surface area contributed by atoms with Gasteiger partial charge in [-0.15, -0.1) is 0 Å². The van der Waals surface area contributed by atoms with Gasteiger partial charge in [-0.05, 0) is 31.2 Å². The van der Waals surface area contributed by atoms with E-state index >= 15 is 0 Å². The number of benzene rings is 6. The minimum absolute atomic E-state index is 0.0351. The van der Waals surface area contributed by atoms with Crippen LogP contribution in [0.1, 0.15) is 11.1 Å². The van der Waals surface area contributed by atoms with Crippen LogP contribution in [0.5, 0.6) is 0 Å². The quantitative estimate of drug-likeness (QED) is 0.143. The van der Waals surface area contributed by atoms with Crippen LogP contribution in [0.25, 0.3) is 0 Å². The van der Waals surface area contributed by atoms with E-state index in [-0.39, 0.29) is 79.1 Å². The van der Waals surface area contributed by atoms with Crippen LogP contribution in [0.3, 0.4) is 0 Å². The Morgan fingerprint density at radius 1 is 0.410 bits per heavy atom. The largest absolute Gasteiger partial charge is 0.0580 e. The standard InChI is InChI=1S/C22H22NO6S3.C19H15O6S3.Co/c1-16-4-6-18(7-5-16)31(26,27)19-8-10-20(11-9-19)32(28,29)21-12-13-22(30(24)25)17(14-21)15-23(2)3;1-26(20,21)15-7-9-17(10-8-15)28(24,25)19-13-11-18(12-14-19)27(22,23)16-5-3-2-4-6-16;/h4-14H,15H2,1-3H3;3-14H,1H3;. The van der Waals surface area contributed by atoms with Crippen molar-refractivity contribution in [1.82, 2.24) is 4.90 Å². The Morgan fingerprint density at radius 3 is 1.05 bits per heavy atom. The van der Waals surface area contributed by atoms with Crippen molar-refractivity contribution in [2.75, 3.05) is 20.4 Å². The van der Waals surface area contributed by atoms with Gasteiger partial charge in [0.2, 0.25) is 0 Å². The molecule has 0 unspecified atom stereocenters. The average Bonchev–Trinajstić information content (AvgIpc) is 3.20. The maximum Gasteiger partial charge on any atom is -0.0429 e. The molecule has 61 heavy (non-hydrogen) atoms. The SMILES string of the molecule is Cc1ccc(S(=O)(=O)c2ccc(S(=O)(=O)c3ccc([S](=O)(=O)[Co][c]4ccc(S(=O)(=O)c5ccc(S(=O)(=O)c6ccc(S(C)(=O)=O)cc6)cc5)cc4)c(CN(C)C)c3)cc2)cc1. The molecule has 0 saturated carbocycles. The van der Waals surface area contributed by atoms with Crippen molar-refractivity contribution in [2.24, 2.45) is 0 Å². The number of hydrogen-bond donors (Lipinski definition) is 0. The number of nitrogens with zero attached hydrogens (tertiary/aromatic N) is 1. The summed E-state index contributed by atoms with van der Waals surface area (Å²) in [6, 6.07) is 28.8. The summed E-state index contributed by atoms with van der Waals surface area (Å²) in [5.41, 5.74) is 1.04. The third-order valence-electron chi connectivity index (χ3n) is 9.14. The number of aryl methyl sites for hydroxylation is 1. The van der Waals surface area contributed by atoms with E-state index in [0.29, 0.717) is 0 Å². The predicted octanol–water partition coefficient (Wildman–Crippen LogP) is 4.89. The number of hydrogen-bond acceptors (Lipinski definition) is 13. The number of rotatable bonds is 14. The zero-order valence-corrected chi connectivity index (χ0v) is 38.6. The van der Waals surface area contributed by atoms with Crippen LogP contribution in [0, 0.1) is 6.92 Å². The van der Waals surface area contributed by atoms with Gasteiger partial charge in [0.25, 0.3) is 0 Å². The van der Waals surface area contributed by atoms with Gasteiger partial charge in [-0.2, -0.15) is 0 Å². The van der Waals surface area contributed by atoms with Crippen molar-refractivity contribution in [2.45, 2.75) is 62.4 Å². The second-order valence-corrected chi connectivity index (χ2v) is 28.1. The number of sulfone groups is 5. The minimum atomic E-state index is -4.24. The van der Waals surface area contributed by atoms with E-state index < -0.39 is 57.5 Å². The first kappa shape index (κ1) is 46.0. The Morgan fingerprint density at radius 2 is 0.705 bits per heavy atom. The topological polar surface area (TPSA) is 208 Å². The van der Waals surface area contributed by atoms with Gasteiger partial charge < -0.3 is 0 Å². The maximum atomic E-state index is 13.8. The summed E-state index contributed by atoms with van der Waals surface area (Å²) in [4.78, 5) is 0.140. The first-order valence-electron chi connectivity index (χ1n) is 17.7. The smallest absolute Gasteiger partial charge is 0.0429 e. The molecule has 6 aromatic rings. The molecule has 0 heterocycles. The van der Waals surface area contributed by atoms with E-state index in [1.807, 2.05) is 6.92 Å². The monoisotopic (exact) mass is 986 g/mol. The fraction of sp³-hybridized carbons (Fsp3) is 0.122. The molecule has 0 amide bonds. The third kappa shape index (κ3) is 9.77. The first-order valence-corrected chi connectivity index (χ1v) is 28.6. The fourth-order valence-electron chi connectivity index (χ4n) is 5.93. The van der Waals surface area contributed by atoms with Gasteiger partial charge in [-0.25, -0.2) is 8.42 Å². The van der Waals surface area contributed by atoms with Crippen molar-refractivity contribution in [3.8, 4) is 0 Å². The predicted molar refractivity (Wildman–Crippen MR) is 223 cm³/mol. The van der Waals surface area contributed by atoms with E-state index in [1.165, 1.54) is 72.8 Å². The molecule has 0 aromatic heterocycles. The molecular weight excluding hydrogens is 950 g/mol. The third-order valence-corrected chi connectivity index (χ3v) is 21.2. The molecule has 13 nitrogen and oxygen atoms in total. The van der Waals surface area contributed by atoms with Crippen molar-refractivity contribution in [3.63, 3.8) is 0 Å². The molecule has 0 atom stereocenters. The fourth-order valence-corrected chi connectivity index (χ4v) is 15.2. The van der Waals surface area contributed by atoms with Crippen LogP contribution in [0.15, 0.2) is 188 Å². The molecular formula is C41H37CoNO12S6. The van der Waals surface area contributed by atoms with Crippen molar-refractivity contribution < 1.29 is 64.1 Å². The summed E-state index contributed by atoms with van der Waals surface area (Å²) < 4.78 is 159. The molecule has 0 spiro atoms. The Bertz CT molecular complexity index is 3320. The van der Waals surface area contributed by atoms with Gasteiger partial charge in [0.1, 0.15) is 0 Å². The summed E-state index contributed by atoms with van der Waals surface area (Å²) in [6.45, 7) is 1.85. The van der Waals surface area contributed by atoms with Crippen LogP contribution >= 0.6 is 0 Å². The second kappa shape index (κ2) is 17.0. The molecule has 0 bridgehead atoms. The first-order chi connectivity index (χ1) is 28.3. The summed E-state index contributed by atoms with van der Waals surface area (Å²) >= 11 is -0.191. The molecule has 0 saturated heterocycles. The van der Waals surface area contributed by atoms with Crippen molar-refractivity contribution in [1.29, 1.82) is 0 Å². The normalized spacial score (nSPS) is 13.1.